The lowest BCUT2D eigenvalue weighted by molar-refractivity contribution is -0.137. The van der Waals surface area contributed by atoms with Gasteiger partial charge in [0, 0.05) is 19.0 Å². The van der Waals surface area contributed by atoms with E-state index < -0.39 is 11.6 Å². The number of hydrogen-bond acceptors (Lipinski definition) is 3. The van der Waals surface area contributed by atoms with Gasteiger partial charge in [0.1, 0.15) is 5.60 Å². The predicted molar refractivity (Wildman–Crippen MR) is 79.6 cm³/mol. The van der Waals surface area contributed by atoms with Crippen molar-refractivity contribution >= 4 is 5.97 Å². The number of benzene rings is 1. The Hall–Kier alpha value is -1.39. The molecule has 2 atom stereocenters. The molecule has 1 aliphatic heterocycles. The normalized spacial score (nSPS) is 25.9. The minimum Gasteiger partial charge on any atom is -0.481 e. The maximum atomic E-state index is 10.6. The first-order valence-corrected chi connectivity index (χ1v) is 7.11. The van der Waals surface area contributed by atoms with Gasteiger partial charge in [0.2, 0.25) is 0 Å². The predicted octanol–water partition coefficient (Wildman–Crippen LogP) is 2.47. The van der Waals surface area contributed by atoms with Crippen LogP contribution in [0.15, 0.2) is 30.3 Å². The first-order valence-electron chi connectivity index (χ1n) is 7.11. The van der Waals surface area contributed by atoms with Gasteiger partial charge in [-0.25, -0.2) is 0 Å². The Morgan fingerprint density at radius 3 is 2.35 bits per heavy atom. The summed E-state index contributed by atoms with van der Waals surface area (Å²) in [5, 5.41) is 18.5. The van der Waals surface area contributed by atoms with E-state index in [0.29, 0.717) is 6.42 Å². The van der Waals surface area contributed by atoms with Crippen LogP contribution in [0.1, 0.15) is 38.7 Å². The monoisotopic (exact) mass is 279 g/mol. The molecule has 1 aliphatic rings. The minimum atomic E-state index is -0.711. The molecule has 4 nitrogen and oxygen atoms in total. The van der Waals surface area contributed by atoms with E-state index in [1.165, 1.54) is 0 Å². The van der Waals surface area contributed by atoms with Crippen LogP contribution in [0.3, 0.4) is 0 Å². The van der Waals surface area contributed by atoms with Crippen molar-refractivity contribution in [2.24, 2.45) is 0 Å². The molecule has 2 rings (SSSR count). The summed E-state index contributed by atoms with van der Waals surface area (Å²) in [5.74, 6) is -0.711. The lowest BCUT2D eigenvalue weighted by Gasteiger charge is -2.30. The van der Waals surface area contributed by atoms with Gasteiger partial charge in [0.05, 0.1) is 0 Å². The Morgan fingerprint density at radius 2 is 2.00 bits per heavy atom. The molecule has 20 heavy (non-hydrogen) atoms. The number of rotatable bonds is 3. The highest BCUT2D eigenvalue weighted by molar-refractivity contribution is 5.66. The second kappa shape index (κ2) is 7.41. The summed E-state index contributed by atoms with van der Waals surface area (Å²) >= 11 is 0. The fourth-order valence-electron chi connectivity index (χ4n) is 2.44. The van der Waals surface area contributed by atoms with Gasteiger partial charge in [-0.15, -0.1) is 0 Å². The number of likely N-dealkylation sites (N-methyl/N-ethyl adjacent to an activating group) is 1. The Kier molecular flexibility index (Phi) is 6.17. The highest BCUT2D eigenvalue weighted by Gasteiger charge is 2.42. The third-order valence-corrected chi connectivity index (χ3v) is 3.94. The molecule has 4 heteroatoms. The second-order valence-corrected chi connectivity index (χ2v) is 5.34. The molecule has 112 valence electrons. The van der Waals surface area contributed by atoms with E-state index in [4.69, 9.17) is 5.11 Å². The smallest absolute Gasteiger partial charge is 0.303 e. The van der Waals surface area contributed by atoms with Crippen LogP contribution in [0.25, 0.3) is 0 Å². The maximum absolute atomic E-state index is 10.6. The molecule has 0 saturated carbocycles. The lowest BCUT2D eigenvalue weighted by atomic mass is 9.87. The van der Waals surface area contributed by atoms with E-state index in [9.17, 15) is 9.90 Å². The van der Waals surface area contributed by atoms with Gasteiger partial charge in [-0.3, -0.25) is 4.79 Å². The first-order chi connectivity index (χ1) is 9.41. The van der Waals surface area contributed by atoms with Crippen molar-refractivity contribution < 1.29 is 15.0 Å². The van der Waals surface area contributed by atoms with Gasteiger partial charge >= 0.3 is 5.97 Å². The standard InChI is InChI=1S/C12H17NO.C4H8O2/c1-10-12(14,8-9-13(10)2)11-6-4-3-5-7-11;1-2-3-4(5)6/h3-7,10,14H,8-9H2,1-2H3;2-3H2,1H3,(H,5,6). The van der Waals surface area contributed by atoms with Crippen molar-refractivity contribution in [3.63, 3.8) is 0 Å². The molecule has 1 saturated heterocycles. The van der Waals surface area contributed by atoms with Gasteiger partial charge in [0.25, 0.3) is 0 Å². The van der Waals surface area contributed by atoms with E-state index in [2.05, 4.69) is 18.9 Å². The summed E-state index contributed by atoms with van der Waals surface area (Å²) in [6.45, 7) is 4.89. The molecular weight excluding hydrogens is 254 g/mol. The van der Waals surface area contributed by atoms with Crippen LogP contribution in [0, 0.1) is 0 Å². The van der Waals surface area contributed by atoms with Crippen LogP contribution in [0.5, 0.6) is 0 Å². The van der Waals surface area contributed by atoms with E-state index in [0.717, 1.165) is 24.9 Å². The molecule has 0 bridgehead atoms. The zero-order valence-corrected chi connectivity index (χ0v) is 12.5. The molecule has 0 spiro atoms. The van der Waals surface area contributed by atoms with E-state index in [1.54, 1.807) is 0 Å². The molecule has 1 aromatic rings. The SMILES string of the molecule is CC1N(C)CCC1(O)c1ccccc1.CCCC(=O)O. The molecule has 0 aliphatic carbocycles. The molecule has 0 aromatic heterocycles. The van der Waals surface area contributed by atoms with Crippen molar-refractivity contribution in [3.8, 4) is 0 Å². The lowest BCUT2D eigenvalue weighted by Crippen LogP contribution is -2.38. The van der Waals surface area contributed by atoms with Gasteiger partial charge in [-0.2, -0.15) is 0 Å². The largest absolute Gasteiger partial charge is 0.481 e. The number of aliphatic carboxylic acids is 1. The summed E-state index contributed by atoms with van der Waals surface area (Å²) in [7, 11) is 2.06. The number of likely N-dealkylation sites (tertiary alicyclic amines) is 1. The van der Waals surface area contributed by atoms with Crippen molar-refractivity contribution in [2.45, 2.75) is 44.8 Å². The van der Waals surface area contributed by atoms with Gasteiger partial charge in [0.15, 0.2) is 0 Å². The van der Waals surface area contributed by atoms with Crippen LogP contribution >= 0.6 is 0 Å². The van der Waals surface area contributed by atoms with Crippen LogP contribution in [-0.4, -0.2) is 40.7 Å². The highest BCUT2D eigenvalue weighted by atomic mass is 16.4. The van der Waals surface area contributed by atoms with Gasteiger partial charge in [-0.05, 0) is 32.4 Å². The number of carbonyl (C=O) groups is 1. The summed E-state index contributed by atoms with van der Waals surface area (Å²) < 4.78 is 0. The first kappa shape index (κ1) is 16.7. The van der Waals surface area contributed by atoms with Gasteiger partial charge < -0.3 is 15.1 Å². The highest BCUT2D eigenvalue weighted by Crippen LogP contribution is 2.36. The summed E-state index contributed by atoms with van der Waals surface area (Å²) in [6, 6.07) is 10.2. The fourth-order valence-corrected chi connectivity index (χ4v) is 2.44. The third-order valence-electron chi connectivity index (χ3n) is 3.94. The summed E-state index contributed by atoms with van der Waals surface area (Å²) in [6.07, 6.45) is 1.85. The fraction of sp³-hybridized carbons (Fsp3) is 0.562. The van der Waals surface area contributed by atoms with E-state index in [-0.39, 0.29) is 6.04 Å². The zero-order valence-electron chi connectivity index (χ0n) is 12.5. The molecule has 2 unspecified atom stereocenters. The molecule has 1 aromatic carbocycles. The topological polar surface area (TPSA) is 60.8 Å². The molecule has 0 radical (unpaired) electrons. The average molecular weight is 279 g/mol. The number of carboxylic acids is 1. The average Bonchev–Trinajstić information content (AvgIpc) is 2.69. The van der Waals surface area contributed by atoms with Crippen LogP contribution in [0.4, 0.5) is 0 Å². The quantitative estimate of drug-likeness (QED) is 0.892. The van der Waals surface area contributed by atoms with E-state index in [1.807, 2.05) is 37.3 Å². The van der Waals surface area contributed by atoms with Crippen molar-refractivity contribution in [1.29, 1.82) is 0 Å². The van der Waals surface area contributed by atoms with Crippen molar-refractivity contribution in [1.82, 2.24) is 4.90 Å². The Labute approximate surface area is 121 Å². The number of nitrogens with zero attached hydrogens (tertiary/aromatic N) is 1. The van der Waals surface area contributed by atoms with Crippen LogP contribution in [0.2, 0.25) is 0 Å². The second-order valence-electron chi connectivity index (χ2n) is 5.34. The Morgan fingerprint density at radius 1 is 1.40 bits per heavy atom. The summed E-state index contributed by atoms with van der Waals surface area (Å²) in [4.78, 5) is 11.8. The minimum absolute atomic E-state index is 0.199. The molecule has 1 fully saturated rings. The van der Waals surface area contributed by atoms with Crippen LogP contribution < -0.4 is 0 Å². The Bertz CT molecular complexity index is 421. The zero-order chi connectivity index (χ0) is 15.2. The summed E-state index contributed by atoms with van der Waals surface area (Å²) in [5.41, 5.74) is 0.382. The van der Waals surface area contributed by atoms with Gasteiger partial charge in [-0.1, -0.05) is 37.3 Å². The third kappa shape index (κ3) is 4.05. The van der Waals surface area contributed by atoms with Crippen molar-refractivity contribution in [3.05, 3.63) is 35.9 Å². The number of carboxylic acid groups (broad SMARTS) is 1. The molecular formula is C16H25NO3. The van der Waals surface area contributed by atoms with E-state index >= 15 is 0 Å². The molecule has 1 heterocycles. The van der Waals surface area contributed by atoms with Crippen molar-refractivity contribution in [2.75, 3.05) is 13.6 Å². The molecule has 0 amide bonds. The molecule has 2 N–H and O–H groups in total. The van der Waals surface area contributed by atoms with Crippen LogP contribution in [-0.2, 0) is 10.4 Å². The number of hydrogen-bond donors (Lipinski definition) is 2. The Balaban J connectivity index is 0.000000286. The maximum Gasteiger partial charge on any atom is 0.303 e. The number of aliphatic hydroxyl groups is 1.